The minimum Gasteiger partial charge on any atom is -0.365 e. The van der Waals surface area contributed by atoms with Crippen molar-refractivity contribution in [3.63, 3.8) is 0 Å². The highest BCUT2D eigenvalue weighted by atomic mass is 19.1. The Morgan fingerprint density at radius 3 is 2.29 bits per heavy atom. The van der Waals surface area contributed by atoms with Crippen LogP contribution in [-0.4, -0.2) is 59.2 Å². The number of anilines is 2. The summed E-state index contributed by atoms with van der Waals surface area (Å²) in [5.41, 5.74) is 4.83. The Hall–Kier alpha value is -3.68. The van der Waals surface area contributed by atoms with Crippen molar-refractivity contribution < 1.29 is 14.0 Å². The van der Waals surface area contributed by atoms with Crippen LogP contribution in [0.5, 0.6) is 0 Å². The van der Waals surface area contributed by atoms with Crippen molar-refractivity contribution in [2.75, 3.05) is 42.5 Å². The maximum absolute atomic E-state index is 13.2. The summed E-state index contributed by atoms with van der Waals surface area (Å²) in [6.45, 7) is 7.09. The Morgan fingerprint density at radius 2 is 1.62 bits per heavy atom. The molecule has 2 aliphatic rings. The molecule has 0 bridgehead atoms. The SMILES string of the molecule is Cc1nn(-c2ccccc2)c(C)c1N1CCN(C(=O)C2CC(=O)N(c3ccc(F)cc3)C2)CC1. The van der Waals surface area contributed by atoms with E-state index in [0.29, 0.717) is 25.3 Å². The van der Waals surface area contributed by atoms with Crippen LogP contribution >= 0.6 is 0 Å². The van der Waals surface area contributed by atoms with E-state index in [1.807, 2.05) is 46.8 Å². The van der Waals surface area contributed by atoms with Gasteiger partial charge in [-0.15, -0.1) is 0 Å². The number of aromatic nitrogens is 2. The zero-order valence-electron chi connectivity index (χ0n) is 19.4. The molecule has 34 heavy (non-hydrogen) atoms. The number of halogens is 1. The molecule has 1 unspecified atom stereocenters. The Balaban J connectivity index is 1.24. The average molecular weight is 462 g/mol. The number of aryl methyl sites for hydroxylation is 1. The molecule has 2 saturated heterocycles. The van der Waals surface area contributed by atoms with E-state index in [2.05, 4.69) is 11.8 Å². The lowest BCUT2D eigenvalue weighted by Gasteiger charge is -2.37. The monoisotopic (exact) mass is 461 g/mol. The molecule has 2 fully saturated rings. The quantitative estimate of drug-likeness (QED) is 0.598. The third-order valence-electron chi connectivity index (χ3n) is 6.77. The van der Waals surface area contributed by atoms with Gasteiger partial charge in [0, 0.05) is 44.8 Å². The van der Waals surface area contributed by atoms with Gasteiger partial charge in [-0.2, -0.15) is 5.10 Å². The average Bonchev–Trinajstić information content (AvgIpc) is 3.39. The lowest BCUT2D eigenvalue weighted by molar-refractivity contribution is -0.136. The van der Waals surface area contributed by atoms with Gasteiger partial charge >= 0.3 is 0 Å². The first-order valence-corrected chi connectivity index (χ1v) is 11.6. The lowest BCUT2D eigenvalue weighted by Crippen LogP contribution is -2.51. The molecule has 1 aromatic heterocycles. The van der Waals surface area contributed by atoms with Crippen molar-refractivity contribution in [2.45, 2.75) is 20.3 Å². The van der Waals surface area contributed by atoms with E-state index in [9.17, 15) is 14.0 Å². The molecular weight excluding hydrogens is 433 g/mol. The van der Waals surface area contributed by atoms with Crippen LogP contribution in [0.3, 0.4) is 0 Å². The zero-order valence-corrected chi connectivity index (χ0v) is 19.4. The summed E-state index contributed by atoms with van der Waals surface area (Å²) in [6, 6.07) is 15.9. The molecule has 2 aliphatic heterocycles. The van der Waals surface area contributed by atoms with Crippen molar-refractivity contribution in [3.05, 3.63) is 71.8 Å². The van der Waals surface area contributed by atoms with E-state index in [0.717, 1.165) is 35.9 Å². The van der Waals surface area contributed by atoms with Gasteiger partial charge < -0.3 is 14.7 Å². The first-order valence-electron chi connectivity index (χ1n) is 11.6. The van der Waals surface area contributed by atoms with Crippen LogP contribution in [0, 0.1) is 25.6 Å². The minimum absolute atomic E-state index is 0.0195. The van der Waals surface area contributed by atoms with Crippen molar-refractivity contribution in [1.29, 1.82) is 0 Å². The Labute approximate surface area is 198 Å². The van der Waals surface area contributed by atoms with Crippen molar-refractivity contribution in [3.8, 4) is 5.69 Å². The van der Waals surface area contributed by atoms with E-state index >= 15 is 0 Å². The van der Waals surface area contributed by atoms with E-state index in [-0.39, 0.29) is 30.0 Å². The van der Waals surface area contributed by atoms with Gasteiger partial charge in [-0.3, -0.25) is 9.59 Å². The van der Waals surface area contributed by atoms with Crippen molar-refractivity contribution >= 4 is 23.2 Å². The normalized spacial score (nSPS) is 18.6. The van der Waals surface area contributed by atoms with E-state index in [1.54, 1.807) is 17.0 Å². The molecule has 0 N–H and O–H groups in total. The fourth-order valence-electron chi connectivity index (χ4n) is 5.06. The van der Waals surface area contributed by atoms with Crippen LogP contribution < -0.4 is 9.80 Å². The number of amides is 2. The predicted octanol–water partition coefficient (Wildman–Crippen LogP) is 3.33. The second-order valence-electron chi connectivity index (χ2n) is 8.96. The molecule has 1 atom stereocenters. The van der Waals surface area contributed by atoms with Gasteiger partial charge in [-0.25, -0.2) is 9.07 Å². The summed E-state index contributed by atoms with van der Waals surface area (Å²) >= 11 is 0. The lowest BCUT2D eigenvalue weighted by atomic mass is 10.1. The Morgan fingerprint density at radius 1 is 0.941 bits per heavy atom. The van der Waals surface area contributed by atoms with Crippen molar-refractivity contribution in [1.82, 2.24) is 14.7 Å². The molecule has 3 aromatic rings. The summed E-state index contributed by atoms with van der Waals surface area (Å²) in [6.07, 6.45) is 0.193. The standard InChI is InChI=1S/C26H28FN5O2/c1-18-25(19(2)32(28-18)23-6-4-3-5-7-23)29-12-14-30(15-13-29)26(34)20-16-24(33)31(17-20)22-10-8-21(27)9-11-22/h3-11,20H,12-17H2,1-2H3. The molecule has 176 valence electrons. The van der Waals surface area contributed by atoms with Crippen LogP contribution in [0.2, 0.25) is 0 Å². The number of piperazine rings is 1. The first-order chi connectivity index (χ1) is 16.4. The summed E-state index contributed by atoms with van der Waals surface area (Å²) < 4.78 is 15.2. The van der Waals surface area contributed by atoms with Crippen LogP contribution in [0.4, 0.5) is 15.8 Å². The van der Waals surface area contributed by atoms with Crippen LogP contribution in [-0.2, 0) is 9.59 Å². The van der Waals surface area contributed by atoms with Gasteiger partial charge in [0.1, 0.15) is 5.82 Å². The Kier molecular flexibility index (Phi) is 5.81. The second kappa shape index (κ2) is 8.93. The van der Waals surface area contributed by atoms with E-state index in [4.69, 9.17) is 5.10 Å². The molecule has 7 nitrogen and oxygen atoms in total. The molecule has 0 saturated carbocycles. The van der Waals surface area contributed by atoms with Crippen LogP contribution in [0.1, 0.15) is 17.8 Å². The van der Waals surface area contributed by atoms with Gasteiger partial charge in [0.15, 0.2) is 0 Å². The third-order valence-corrected chi connectivity index (χ3v) is 6.77. The fourth-order valence-corrected chi connectivity index (χ4v) is 5.06. The molecular formula is C26H28FN5O2. The number of hydrogen-bond acceptors (Lipinski definition) is 4. The van der Waals surface area contributed by atoms with Gasteiger partial charge in [-0.05, 0) is 50.2 Å². The number of para-hydroxylation sites is 1. The molecule has 2 amide bonds. The maximum Gasteiger partial charge on any atom is 0.228 e. The number of nitrogens with zero attached hydrogens (tertiary/aromatic N) is 5. The molecule has 0 aliphatic carbocycles. The molecule has 0 spiro atoms. The number of rotatable bonds is 4. The predicted molar refractivity (Wildman–Crippen MR) is 129 cm³/mol. The molecule has 3 heterocycles. The fraction of sp³-hybridized carbons (Fsp3) is 0.346. The molecule has 2 aromatic carbocycles. The largest absolute Gasteiger partial charge is 0.365 e. The number of carbonyl (C=O) groups is 2. The van der Waals surface area contributed by atoms with Gasteiger partial charge in [0.2, 0.25) is 11.8 Å². The van der Waals surface area contributed by atoms with Gasteiger partial charge in [-0.1, -0.05) is 18.2 Å². The third kappa shape index (κ3) is 4.04. The summed E-state index contributed by atoms with van der Waals surface area (Å²) in [5.74, 6) is -0.789. The molecule has 8 heteroatoms. The van der Waals surface area contributed by atoms with Gasteiger partial charge in [0.25, 0.3) is 0 Å². The summed E-state index contributed by atoms with van der Waals surface area (Å²) in [5, 5.41) is 4.75. The minimum atomic E-state index is -0.367. The number of hydrogen-bond donors (Lipinski definition) is 0. The smallest absolute Gasteiger partial charge is 0.228 e. The topological polar surface area (TPSA) is 61.7 Å². The highest BCUT2D eigenvalue weighted by molar-refractivity contribution is 6.00. The van der Waals surface area contributed by atoms with Gasteiger partial charge in [0.05, 0.1) is 28.7 Å². The summed E-state index contributed by atoms with van der Waals surface area (Å²) in [7, 11) is 0. The molecule has 0 radical (unpaired) electrons. The Bertz CT molecular complexity index is 1200. The van der Waals surface area contributed by atoms with E-state index in [1.165, 1.54) is 12.1 Å². The first kappa shape index (κ1) is 22.1. The van der Waals surface area contributed by atoms with Crippen molar-refractivity contribution in [2.24, 2.45) is 5.92 Å². The highest BCUT2D eigenvalue weighted by Crippen LogP contribution is 2.30. The second-order valence-corrected chi connectivity index (χ2v) is 8.96. The zero-order chi connectivity index (χ0) is 23.8. The molecule has 5 rings (SSSR count). The maximum atomic E-state index is 13.2. The number of benzene rings is 2. The highest BCUT2D eigenvalue weighted by Gasteiger charge is 2.38. The summed E-state index contributed by atoms with van der Waals surface area (Å²) in [4.78, 5) is 31.5. The number of carbonyl (C=O) groups excluding carboxylic acids is 2. The van der Waals surface area contributed by atoms with Crippen LogP contribution in [0.15, 0.2) is 54.6 Å². The van der Waals surface area contributed by atoms with Crippen LogP contribution in [0.25, 0.3) is 5.69 Å². The van der Waals surface area contributed by atoms with E-state index < -0.39 is 0 Å².